The van der Waals surface area contributed by atoms with E-state index in [0.717, 1.165) is 31.6 Å². The first kappa shape index (κ1) is 39.6. The summed E-state index contributed by atoms with van der Waals surface area (Å²) >= 11 is 0. The Hall–Kier alpha value is -1.84. The van der Waals surface area contributed by atoms with Crippen molar-refractivity contribution in [3.8, 4) is 0 Å². The predicted molar refractivity (Wildman–Crippen MR) is 197 cm³/mol. The summed E-state index contributed by atoms with van der Waals surface area (Å²) in [5.74, 6) is 3.84. The molecule has 2 saturated carbocycles. The average Bonchev–Trinajstić information content (AvgIpc) is 3.10. The lowest BCUT2D eigenvalue weighted by Gasteiger charge is -2.37. The van der Waals surface area contributed by atoms with E-state index >= 15 is 0 Å². The predicted octanol–water partition coefficient (Wildman–Crippen LogP) is 12.2. The second-order valence-corrected chi connectivity index (χ2v) is 18.5. The van der Waals surface area contributed by atoms with Crippen molar-refractivity contribution >= 4 is 11.9 Å². The van der Waals surface area contributed by atoms with Crippen LogP contribution in [0.15, 0.2) is 24.3 Å². The first-order valence-corrected chi connectivity index (χ1v) is 19.5. The van der Waals surface area contributed by atoms with Crippen LogP contribution in [-0.2, 0) is 9.47 Å². The van der Waals surface area contributed by atoms with E-state index in [-0.39, 0.29) is 10.8 Å². The topological polar surface area (TPSA) is 52.6 Å². The van der Waals surface area contributed by atoms with Gasteiger partial charge >= 0.3 is 11.9 Å². The van der Waals surface area contributed by atoms with Crippen LogP contribution in [-0.4, -0.2) is 25.2 Å². The van der Waals surface area contributed by atoms with Gasteiger partial charge in [-0.25, -0.2) is 9.59 Å². The molecule has 0 heterocycles. The maximum Gasteiger partial charge on any atom is 0.339 e. The molecule has 0 aromatic heterocycles. The molecular weight excluding hydrogens is 580 g/mol. The van der Waals surface area contributed by atoms with Gasteiger partial charge in [0.05, 0.1) is 24.3 Å². The summed E-state index contributed by atoms with van der Waals surface area (Å²) in [6.07, 6.45) is 15.7. The molecule has 2 aliphatic rings. The van der Waals surface area contributed by atoms with Crippen LogP contribution in [0.5, 0.6) is 0 Å². The molecule has 0 spiro atoms. The summed E-state index contributed by atoms with van der Waals surface area (Å²) < 4.78 is 12.1. The number of benzene rings is 1. The lowest BCUT2D eigenvalue weighted by atomic mass is 9.69. The van der Waals surface area contributed by atoms with Gasteiger partial charge in [-0.15, -0.1) is 0 Å². The van der Waals surface area contributed by atoms with Crippen LogP contribution in [0.25, 0.3) is 0 Å². The largest absolute Gasteiger partial charge is 0.462 e. The molecule has 268 valence electrons. The molecule has 0 saturated heterocycles. The number of hydrogen-bond donors (Lipinski definition) is 0. The fraction of sp³-hybridized carbons (Fsp3) is 0.814. The Morgan fingerprint density at radius 3 is 1.57 bits per heavy atom. The first-order chi connectivity index (χ1) is 22.1. The lowest BCUT2D eigenvalue weighted by Crippen LogP contribution is -2.29. The van der Waals surface area contributed by atoms with Gasteiger partial charge in [0.1, 0.15) is 0 Å². The molecule has 2 aliphatic carbocycles. The second-order valence-electron chi connectivity index (χ2n) is 18.5. The summed E-state index contributed by atoms with van der Waals surface area (Å²) in [7, 11) is 0. The third kappa shape index (κ3) is 12.8. The van der Waals surface area contributed by atoms with Crippen molar-refractivity contribution in [3.05, 3.63) is 35.4 Å². The number of hydrogen-bond acceptors (Lipinski definition) is 4. The van der Waals surface area contributed by atoms with Crippen molar-refractivity contribution in [2.45, 2.75) is 153 Å². The van der Waals surface area contributed by atoms with Gasteiger partial charge in [0.2, 0.25) is 0 Å². The molecule has 4 nitrogen and oxygen atoms in total. The normalized spacial score (nSPS) is 27.4. The van der Waals surface area contributed by atoms with Crippen molar-refractivity contribution in [1.29, 1.82) is 0 Å². The quantitative estimate of drug-likeness (QED) is 0.262. The van der Waals surface area contributed by atoms with Crippen molar-refractivity contribution in [2.75, 3.05) is 13.2 Å². The minimum atomic E-state index is -0.406. The Morgan fingerprint density at radius 2 is 1.06 bits per heavy atom. The number of rotatable bonds is 8. The van der Waals surface area contributed by atoms with Crippen LogP contribution in [0.3, 0.4) is 0 Å². The van der Waals surface area contributed by atoms with Gasteiger partial charge in [0, 0.05) is 0 Å². The maximum atomic E-state index is 13.6. The van der Waals surface area contributed by atoms with E-state index < -0.39 is 11.9 Å². The summed E-state index contributed by atoms with van der Waals surface area (Å²) in [5, 5.41) is 0. The zero-order valence-electron chi connectivity index (χ0n) is 32.2. The second kappa shape index (κ2) is 18.2. The van der Waals surface area contributed by atoms with Gasteiger partial charge in [-0.1, -0.05) is 113 Å². The summed E-state index contributed by atoms with van der Waals surface area (Å²) in [6, 6.07) is 7.08. The van der Waals surface area contributed by atoms with Crippen LogP contribution in [0.4, 0.5) is 0 Å². The number of ether oxygens (including phenoxy) is 2. The summed E-state index contributed by atoms with van der Waals surface area (Å²) in [5.41, 5.74) is 1.16. The molecule has 0 bridgehead atoms. The van der Waals surface area contributed by atoms with Crippen LogP contribution < -0.4 is 0 Å². The SMILES string of the molecule is CC(C)C1CCCC(C(C)C)CC(COC(=O)c2ccccc2C(=O)OCC2CCC(C(C)(C)C)CCCCC(C(C)(C)C)C2)CC1. The third-order valence-corrected chi connectivity index (χ3v) is 12.2. The number of esters is 2. The smallest absolute Gasteiger partial charge is 0.339 e. The van der Waals surface area contributed by atoms with Gasteiger partial charge in [-0.3, -0.25) is 0 Å². The first-order valence-electron chi connectivity index (χ1n) is 19.5. The molecule has 4 heteroatoms. The fourth-order valence-electron chi connectivity index (χ4n) is 8.51. The van der Waals surface area contributed by atoms with Crippen molar-refractivity contribution < 1.29 is 19.1 Å². The Labute approximate surface area is 289 Å². The van der Waals surface area contributed by atoms with E-state index in [4.69, 9.17) is 9.47 Å². The number of carbonyl (C=O) groups excluding carboxylic acids is 2. The Morgan fingerprint density at radius 1 is 0.596 bits per heavy atom. The Bertz CT molecular complexity index is 1090. The maximum absolute atomic E-state index is 13.6. The van der Waals surface area contributed by atoms with Crippen LogP contribution in [0.1, 0.15) is 173 Å². The molecule has 0 amide bonds. The molecule has 6 atom stereocenters. The molecule has 3 rings (SSSR count). The monoisotopic (exact) mass is 653 g/mol. The van der Waals surface area contributed by atoms with E-state index in [9.17, 15) is 9.59 Å². The highest BCUT2D eigenvalue weighted by atomic mass is 16.5. The highest BCUT2D eigenvalue weighted by molar-refractivity contribution is 6.03. The van der Waals surface area contributed by atoms with Gasteiger partial charge in [0.15, 0.2) is 0 Å². The summed E-state index contributed by atoms with van der Waals surface area (Å²) in [4.78, 5) is 27.1. The Kier molecular flexibility index (Phi) is 15.4. The fourth-order valence-corrected chi connectivity index (χ4v) is 8.51. The average molecular weight is 653 g/mol. The van der Waals surface area contributed by atoms with E-state index in [2.05, 4.69) is 69.2 Å². The van der Waals surface area contributed by atoms with Crippen molar-refractivity contribution in [1.82, 2.24) is 0 Å². The highest BCUT2D eigenvalue weighted by Crippen LogP contribution is 2.41. The molecule has 6 unspecified atom stereocenters. The summed E-state index contributed by atoms with van der Waals surface area (Å²) in [6.45, 7) is 24.4. The van der Waals surface area contributed by atoms with E-state index in [1.54, 1.807) is 12.1 Å². The zero-order chi connectivity index (χ0) is 34.8. The van der Waals surface area contributed by atoms with Crippen molar-refractivity contribution in [3.63, 3.8) is 0 Å². The third-order valence-electron chi connectivity index (χ3n) is 12.2. The molecule has 1 aromatic carbocycles. The van der Waals surface area contributed by atoms with Gasteiger partial charge in [0.25, 0.3) is 0 Å². The van der Waals surface area contributed by atoms with Crippen LogP contribution >= 0.6 is 0 Å². The highest BCUT2D eigenvalue weighted by Gasteiger charge is 2.32. The zero-order valence-corrected chi connectivity index (χ0v) is 32.2. The van der Waals surface area contributed by atoms with Gasteiger partial charge < -0.3 is 9.47 Å². The molecule has 2 fully saturated rings. The molecule has 47 heavy (non-hydrogen) atoms. The minimum Gasteiger partial charge on any atom is -0.462 e. The van der Waals surface area contributed by atoms with E-state index in [1.807, 2.05) is 12.1 Å². The van der Waals surface area contributed by atoms with E-state index in [1.165, 1.54) is 57.8 Å². The molecule has 0 aliphatic heterocycles. The Balaban J connectivity index is 1.69. The molecule has 0 N–H and O–H groups in total. The molecular formula is C43H72O4. The van der Waals surface area contributed by atoms with Crippen molar-refractivity contribution in [2.24, 2.45) is 58.2 Å². The van der Waals surface area contributed by atoms with Crippen LogP contribution in [0.2, 0.25) is 0 Å². The van der Waals surface area contributed by atoms with Gasteiger partial charge in [-0.05, 0) is 122 Å². The standard InChI is InChI=1S/C43H72O4/c1-30(2)34-16-15-17-35(31(3)4)26-32(22-24-34)28-46-40(44)38-20-13-14-21-39(38)41(45)47-29-33-23-25-36(42(5,6)7)18-11-12-19-37(27-33)43(8,9)10/h13-14,20-21,30-37H,11-12,15-19,22-29H2,1-10H3. The van der Waals surface area contributed by atoms with E-state index in [0.29, 0.717) is 65.8 Å². The molecule has 1 aromatic rings. The minimum absolute atomic E-state index is 0.224. The van der Waals surface area contributed by atoms with Gasteiger partial charge in [-0.2, -0.15) is 0 Å². The van der Waals surface area contributed by atoms with Crippen LogP contribution in [0, 0.1) is 58.2 Å². The number of carbonyl (C=O) groups is 2. The molecule has 0 radical (unpaired) electrons. The lowest BCUT2D eigenvalue weighted by molar-refractivity contribution is 0.0331.